The molecule has 1 N–H and O–H groups in total. The lowest BCUT2D eigenvalue weighted by atomic mass is 9.88. The van der Waals surface area contributed by atoms with Gasteiger partial charge in [0.1, 0.15) is 5.88 Å². The zero-order chi connectivity index (χ0) is 25.7. The highest BCUT2D eigenvalue weighted by Crippen LogP contribution is 2.31. The van der Waals surface area contributed by atoms with E-state index in [0.717, 1.165) is 30.1 Å². The van der Waals surface area contributed by atoms with E-state index < -0.39 is 23.3 Å². The predicted molar refractivity (Wildman–Crippen MR) is 124 cm³/mol. The number of rotatable bonds is 8. The molecule has 2 heterocycles. The molecule has 13 heteroatoms. The number of aromatic nitrogens is 4. The summed E-state index contributed by atoms with van der Waals surface area (Å²) in [5, 5.41) is 13.7. The number of halogens is 4. The van der Waals surface area contributed by atoms with E-state index in [4.69, 9.17) is 16.0 Å². The fraction of sp³-hybridized carbons (Fsp3) is 0.435. The van der Waals surface area contributed by atoms with Crippen LogP contribution in [0.25, 0.3) is 5.69 Å². The Hall–Kier alpha value is -3.41. The molecule has 0 bridgehead atoms. The van der Waals surface area contributed by atoms with Crippen LogP contribution in [0.1, 0.15) is 54.0 Å². The number of carbonyl (C=O) groups is 2. The molecule has 2 amide bonds. The molecule has 1 aliphatic carbocycles. The summed E-state index contributed by atoms with van der Waals surface area (Å²) in [6.45, 7) is -0.219. The van der Waals surface area contributed by atoms with Crippen molar-refractivity contribution in [3.8, 4) is 5.69 Å². The number of alkyl halides is 4. The van der Waals surface area contributed by atoms with Crippen LogP contribution < -0.4 is 10.2 Å². The first-order valence-corrected chi connectivity index (χ1v) is 12.0. The summed E-state index contributed by atoms with van der Waals surface area (Å²) in [5.74, 6) is -1.36. The SMILES string of the molecule is O=C(NCCN(C(=O)C1CCCCC1)c1nnc(CCl)o1)c1cn(-c2ccccc2)nc1C(F)(F)F. The maximum atomic E-state index is 13.6. The van der Waals surface area contributed by atoms with Crippen LogP contribution in [-0.4, -0.2) is 44.9 Å². The minimum absolute atomic E-state index is 0.0409. The third kappa shape index (κ3) is 5.86. The van der Waals surface area contributed by atoms with Crippen LogP contribution in [0.15, 0.2) is 40.9 Å². The normalized spacial score (nSPS) is 14.6. The minimum atomic E-state index is -4.84. The second kappa shape index (κ2) is 11.1. The number of para-hydroxylation sites is 1. The first kappa shape index (κ1) is 25.7. The zero-order valence-corrected chi connectivity index (χ0v) is 19.9. The van der Waals surface area contributed by atoms with Crippen molar-refractivity contribution in [3.05, 3.63) is 53.7 Å². The van der Waals surface area contributed by atoms with Gasteiger partial charge in [-0.3, -0.25) is 14.5 Å². The molecular formula is C23H24ClF3N6O3. The van der Waals surface area contributed by atoms with E-state index in [0.29, 0.717) is 18.5 Å². The van der Waals surface area contributed by atoms with Crippen LogP contribution >= 0.6 is 11.6 Å². The van der Waals surface area contributed by atoms with Gasteiger partial charge in [0.15, 0.2) is 5.69 Å². The third-order valence-electron chi connectivity index (χ3n) is 5.89. The maximum absolute atomic E-state index is 13.6. The molecule has 0 aliphatic heterocycles. The summed E-state index contributed by atoms with van der Waals surface area (Å²) in [6, 6.07) is 8.09. The van der Waals surface area contributed by atoms with Crippen LogP contribution in [0.5, 0.6) is 0 Å². The molecule has 0 atom stereocenters. The lowest BCUT2D eigenvalue weighted by Crippen LogP contribution is -2.42. The van der Waals surface area contributed by atoms with E-state index in [1.807, 2.05) is 0 Å². The highest BCUT2D eigenvalue weighted by molar-refractivity contribution is 6.16. The van der Waals surface area contributed by atoms with Crippen molar-refractivity contribution in [2.75, 3.05) is 18.0 Å². The first-order chi connectivity index (χ1) is 17.3. The highest BCUT2D eigenvalue weighted by Gasteiger charge is 2.39. The van der Waals surface area contributed by atoms with Gasteiger partial charge in [-0.1, -0.05) is 42.6 Å². The van der Waals surface area contributed by atoms with E-state index in [9.17, 15) is 22.8 Å². The highest BCUT2D eigenvalue weighted by atomic mass is 35.5. The molecule has 192 valence electrons. The van der Waals surface area contributed by atoms with Crippen LogP contribution in [0, 0.1) is 5.92 Å². The van der Waals surface area contributed by atoms with Crippen molar-refractivity contribution >= 4 is 29.4 Å². The predicted octanol–water partition coefficient (Wildman–Crippen LogP) is 4.36. The Bertz CT molecular complexity index is 1190. The quantitative estimate of drug-likeness (QED) is 0.439. The molecule has 0 unspecified atom stereocenters. The Morgan fingerprint density at radius 3 is 2.50 bits per heavy atom. The van der Waals surface area contributed by atoms with Crippen molar-refractivity contribution in [2.45, 2.75) is 44.2 Å². The van der Waals surface area contributed by atoms with Crippen molar-refractivity contribution in [1.82, 2.24) is 25.3 Å². The number of carbonyl (C=O) groups excluding carboxylic acids is 2. The number of nitrogens with zero attached hydrogens (tertiary/aromatic N) is 5. The number of amides is 2. The van der Waals surface area contributed by atoms with Gasteiger partial charge in [-0.15, -0.1) is 16.7 Å². The topological polar surface area (TPSA) is 106 Å². The van der Waals surface area contributed by atoms with Crippen molar-refractivity contribution in [2.24, 2.45) is 5.92 Å². The molecule has 0 radical (unpaired) electrons. The van der Waals surface area contributed by atoms with Crippen LogP contribution in [0.4, 0.5) is 19.2 Å². The zero-order valence-electron chi connectivity index (χ0n) is 19.2. The second-order valence-corrected chi connectivity index (χ2v) is 8.63. The fourth-order valence-electron chi connectivity index (χ4n) is 4.12. The molecule has 0 spiro atoms. The van der Waals surface area contributed by atoms with Gasteiger partial charge in [-0.25, -0.2) is 4.68 Å². The lowest BCUT2D eigenvalue weighted by Gasteiger charge is -2.26. The van der Waals surface area contributed by atoms with Gasteiger partial charge in [0.2, 0.25) is 11.8 Å². The van der Waals surface area contributed by atoms with Crippen LogP contribution in [0.2, 0.25) is 0 Å². The maximum Gasteiger partial charge on any atom is 0.435 e. The molecule has 2 aromatic heterocycles. The summed E-state index contributed by atoms with van der Waals surface area (Å²) in [5.41, 5.74) is -1.56. The van der Waals surface area contributed by atoms with Crippen LogP contribution in [0.3, 0.4) is 0 Å². The Labute approximate surface area is 209 Å². The summed E-state index contributed by atoms with van der Waals surface area (Å²) in [7, 11) is 0. The van der Waals surface area contributed by atoms with Crippen molar-refractivity contribution in [3.63, 3.8) is 0 Å². The molecule has 4 rings (SSSR count). The third-order valence-corrected chi connectivity index (χ3v) is 6.12. The number of hydrogen-bond acceptors (Lipinski definition) is 6. The minimum Gasteiger partial charge on any atom is -0.406 e. The number of nitrogens with one attached hydrogen (secondary N) is 1. The molecule has 0 saturated heterocycles. The lowest BCUT2D eigenvalue weighted by molar-refractivity contribution is -0.141. The average molecular weight is 525 g/mol. The Balaban J connectivity index is 1.50. The standard InChI is InChI=1S/C23H24ClF3N6O3/c24-13-18-29-30-22(36-18)32(21(35)15-7-3-1-4-8-15)12-11-28-20(34)17-14-33(16-9-5-2-6-10-16)31-19(17)23(25,26)27/h2,5-6,9-10,14-15H,1,3-4,7-8,11-13H2,(H,28,34). The molecule has 3 aromatic rings. The fourth-order valence-corrected chi connectivity index (χ4v) is 4.22. The van der Waals surface area contributed by atoms with Crippen LogP contribution in [-0.2, 0) is 16.9 Å². The molecule has 36 heavy (non-hydrogen) atoms. The Morgan fingerprint density at radius 2 is 1.86 bits per heavy atom. The summed E-state index contributed by atoms with van der Waals surface area (Å²) >= 11 is 5.73. The van der Waals surface area contributed by atoms with Gasteiger partial charge in [0.05, 0.1) is 11.3 Å². The van der Waals surface area contributed by atoms with E-state index in [-0.39, 0.29) is 42.7 Å². The van der Waals surface area contributed by atoms with Crippen molar-refractivity contribution < 1.29 is 27.2 Å². The van der Waals surface area contributed by atoms with Gasteiger partial charge in [0, 0.05) is 25.2 Å². The smallest absolute Gasteiger partial charge is 0.406 e. The first-order valence-electron chi connectivity index (χ1n) is 11.5. The summed E-state index contributed by atoms with van der Waals surface area (Å²) in [4.78, 5) is 27.2. The van der Waals surface area contributed by atoms with Gasteiger partial charge < -0.3 is 9.73 Å². The van der Waals surface area contributed by atoms with E-state index in [1.54, 1.807) is 30.3 Å². The summed E-state index contributed by atoms with van der Waals surface area (Å²) < 4.78 is 47.3. The molecule has 9 nitrogen and oxygen atoms in total. The van der Waals surface area contributed by atoms with E-state index in [2.05, 4.69) is 20.6 Å². The van der Waals surface area contributed by atoms with Gasteiger partial charge >= 0.3 is 12.2 Å². The molecule has 1 aliphatic rings. The van der Waals surface area contributed by atoms with Crippen molar-refractivity contribution in [1.29, 1.82) is 0 Å². The number of anilines is 1. The van der Waals surface area contributed by atoms with E-state index >= 15 is 0 Å². The van der Waals surface area contributed by atoms with Gasteiger partial charge in [-0.05, 0) is 25.0 Å². The average Bonchev–Trinajstić information content (AvgIpc) is 3.55. The monoisotopic (exact) mass is 524 g/mol. The Kier molecular flexibility index (Phi) is 7.92. The van der Waals surface area contributed by atoms with Gasteiger partial charge in [-0.2, -0.15) is 18.3 Å². The largest absolute Gasteiger partial charge is 0.435 e. The summed E-state index contributed by atoms with van der Waals surface area (Å²) in [6.07, 6.45) is 0.514. The number of benzene rings is 1. The van der Waals surface area contributed by atoms with Gasteiger partial charge in [0.25, 0.3) is 5.91 Å². The number of hydrogen-bond donors (Lipinski definition) is 1. The molecule has 1 fully saturated rings. The molecule has 1 aromatic carbocycles. The Morgan fingerprint density at radius 1 is 1.14 bits per heavy atom. The second-order valence-electron chi connectivity index (χ2n) is 8.36. The van der Waals surface area contributed by atoms with E-state index in [1.165, 1.54) is 4.90 Å². The molecule has 1 saturated carbocycles. The molecular weight excluding hydrogens is 501 g/mol.